The summed E-state index contributed by atoms with van der Waals surface area (Å²) in [6, 6.07) is 1.77. The quantitative estimate of drug-likeness (QED) is 0.673. The van der Waals surface area contributed by atoms with Gasteiger partial charge in [0.2, 0.25) is 0 Å². The van der Waals surface area contributed by atoms with E-state index >= 15 is 0 Å². The van der Waals surface area contributed by atoms with Crippen LogP contribution in [-0.2, 0) is 11.2 Å². The SMILES string of the molecule is COC(=O)c1cc(C)c(CCN)[nH]1. The van der Waals surface area contributed by atoms with Crippen molar-refractivity contribution in [3.63, 3.8) is 0 Å². The van der Waals surface area contributed by atoms with Crippen molar-refractivity contribution in [3.8, 4) is 0 Å². The smallest absolute Gasteiger partial charge is 0.354 e. The summed E-state index contributed by atoms with van der Waals surface area (Å²) < 4.78 is 4.58. The normalized spacial score (nSPS) is 10.1. The number of hydrogen-bond donors (Lipinski definition) is 2. The zero-order chi connectivity index (χ0) is 9.84. The predicted molar refractivity (Wildman–Crippen MR) is 49.6 cm³/mol. The first-order chi connectivity index (χ1) is 6.19. The van der Waals surface area contributed by atoms with Crippen LogP contribution in [0.2, 0.25) is 0 Å². The number of aromatic nitrogens is 1. The van der Waals surface area contributed by atoms with E-state index in [1.54, 1.807) is 6.07 Å². The van der Waals surface area contributed by atoms with Crippen molar-refractivity contribution in [2.45, 2.75) is 13.3 Å². The highest BCUT2D eigenvalue weighted by molar-refractivity contribution is 5.87. The molecule has 0 fully saturated rings. The Morgan fingerprint density at radius 1 is 1.69 bits per heavy atom. The van der Waals surface area contributed by atoms with Gasteiger partial charge in [0.15, 0.2) is 0 Å². The van der Waals surface area contributed by atoms with Crippen LogP contribution >= 0.6 is 0 Å². The number of aromatic amines is 1. The second-order valence-corrected chi connectivity index (χ2v) is 2.87. The number of carbonyl (C=O) groups is 1. The van der Waals surface area contributed by atoms with E-state index in [4.69, 9.17) is 5.73 Å². The summed E-state index contributed by atoms with van der Waals surface area (Å²) in [5.41, 5.74) is 7.95. The summed E-state index contributed by atoms with van der Waals surface area (Å²) in [5.74, 6) is -0.341. The fraction of sp³-hybridized carbons (Fsp3) is 0.444. The van der Waals surface area contributed by atoms with Crippen LogP contribution < -0.4 is 5.73 Å². The van der Waals surface area contributed by atoms with Gasteiger partial charge < -0.3 is 15.5 Å². The monoisotopic (exact) mass is 182 g/mol. The number of carbonyl (C=O) groups excluding carboxylic acids is 1. The van der Waals surface area contributed by atoms with E-state index in [9.17, 15) is 4.79 Å². The fourth-order valence-electron chi connectivity index (χ4n) is 1.22. The van der Waals surface area contributed by atoms with Crippen LogP contribution in [0.25, 0.3) is 0 Å². The Morgan fingerprint density at radius 3 is 2.92 bits per heavy atom. The van der Waals surface area contributed by atoms with Gasteiger partial charge in [-0.1, -0.05) is 0 Å². The van der Waals surface area contributed by atoms with E-state index in [0.29, 0.717) is 12.2 Å². The highest BCUT2D eigenvalue weighted by Crippen LogP contribution is 2.10. The van der Waals surface area contributed by atoms with Gasteiger partial charge in [0.25, 0.3) is 0 Å². The Hall–Kier alpha value is -1.29. The van der Waals surface area contributed by atoms with Gasteiger partial charge in [-0.15, -0.1) is 0 Å². The number of hydrogen-bond acceptors (Lipinski definition) is 3. The summed E-state index contributed by atoms with van der Waals surface area (Å²) >= 11 is 0. The second kappa shape index (κ2) is 4.09. The minimum Gasteiger partial charge on any atom is -0.464 e. The zero-order valence-corrected chi connectivity index (χ0v) is 7.89. The third-order valence-electron chi connectivity index (χ3n) is 1.92. The van der Waals surface area contributed by atoms with Crippen molar-refractivity contribution < 1.29 is 9.53 Å². The number of esters is 1. The Kier molecular flexibility index (Phi) is 3.08. The number of aryl methyl sites for hydroxylation is 1. The van der Waals surface area contributed by atoms with Crippen molar-refractivity contribution in [1.29, 1.82) is 0 Å². The lowest BCUT2D eigenvalue weighted by Gasteiger charge is -1.95. The number of H-pyrrole nitrogens is 1. The number of rotatable bonds is 3. The minimum atomic E-state index is -0.341. The zero-order valence-electron chi connectivity index (χ0n) is 7.89. The molecule has 0 aliphatic rings. The molecule has 13 heavy (non-hydrogen) atoms. The maximum Gasteiger partial charge on any atom is 0.354 e. The maximum atomic E-state index is 11.1. The van der Waals surface area contributed by atoms with E-state index in [2.05, 4.69) is 9.72 Å². The summed E-state index contributed by atoms with van der Waals surface area (Å²) in [4.78, 5) is 14.1. The van der Waals surface area contributed by atoms with Gasteiger partial charge in [-0.2, -0.15) is 0 Å². The lowest BCUT2D eigenvalue weighted by atomic mass is 10.2. The highest BCUT2D eigenvalue weighted by Gasteiger charge is 2.10. The first kappa shape index (κ1) is 9.80. The van der Waals surface area contributed by atoms with Crippen LogP contribution in [0.15, 0.2) is 6.07 Å². The van der Waals surface area contributed by atoms with Crippen molar-refractivity contribution in [2.24, 2.45) is 5.73 Å². The molecule has 4 nitrogen and oxygen atoms in total. The average molecular weight is 182 g/mol. The molecule has 0 aliphatic carbocycles. The Balaban J connectivity index is 2.88. The van der Waals surface area contributed by atoms with Crippen LogP contribution in [-0.4, -0.2) is 24.6 Å². The average Bonchev–Trinajstić information content (AvgIpc) is 2.47. The molecule has 1 aromatic heterocycles. The van der Waals surface area contributed by atoms with Gasteiger partial charge in [-0.3, -0.25) is 0 Å². The second-order valence-electron chi connectivity index (χ2n) is 2.87. The molecule has 4 heteroatoms. The van der Waals surface area contributed by atoms with E-state index in [1.807, 2.05) is 6.92 Å². The topological polar surface area (TPSA) is 68.1 Å². The molecular weight excluding hydrogens is 168 g/mol. The molecule has 0 saturated heterocycles. The van der Waals surface area contributed by atoms with Crippen molar-refractivity contribution in [1.82, 2.24) is 4.98 Å². The molecular formula is C9H14N2O2. The van der Waals surface area contributed by atoms with Gasteiger partial charge in [0.05, 0.1) is 7.11 Å². The van der Waals surface area contributed by atoms with Gasteiger partial charge in [0.1, 0.15) is 5.69 Å². The summed E-state index contributed by atoms with van der Waals surface area (Å²) in [6.07, 6.45) is 0.753. The van der Waals surface area contributed by atoms with Gasteiger partial charge in [-0.05, 0) is 31.5 Å². The third kappa shape index (κ3) is 2.09. The molecule has 0 amide bonds. The Labute approximate surface area is 77.1 Å². The molecule has 0 aromatic carbocycles. The van der Waals surface area contributed by atoms with Crippen LogP contribution in [0.5, 0.6) is 0 Å². The van der Waals surface area contributed by atoms with E-state index in [0.717, 1.165) is 17.7 Å². The van der Waals surface area contributed by atoms with Crippen LogP contribution in [0, 0.1) is 6.92 Å². The lowest BCUT2D eigenvalue weighted by molar-refractivity contribution is 0.0594. The van der Waals surface area contributed by atoms with Crippen LogP contribution in [0.3, 0.4) is 0 Å². The molecule has 1 rings (SSSR count). The number of methoxy groups -OCH3 is 1. The van der Waals surface area contributed by atoms with Gasteiger partial charge in [-0.25, -0.2) is 4.79 Å². The molecule has 72 valence electrons. The molecule has 1 aromatic rings. The number of ether oxygens (including phenoxy) is 1. The molecule has 0 bridgehead atoms. The van der Waals surface area contributed by atoms with E-state index in [-0.39, 0.29) is 5.97 Å². The Bertz CT molecular complexity index is 305. The van der Waals surface area contributed by atoms with E-state index < -0.39 is 0 Å². The van der Waals surface area contributed by atoms with Gasteiger partial charge >= 0.3 is 5.97 Å². The molecule has 0 saturated carbocycles. The lowest BCUT2D eigenvalue weighted by Crippen LogP contribution is -2.05. The summed E-state index contributed by atoms with van der Waals surface area (Å²) in [5, 5.41) is 0. The third-order valence-corrected chi connectivity index (χ3v) is 1.92. The first-order valence-corrected chi connectivity index (χ1v) is 4.16. The molecule has 0 spiro atoms. The largest absolute Gasteiger partial charge is 0.464 e. The van der Waals surface area contributed by atoms with Gasteiger partial charge in [0, 0.05) is 5.69 Å². The van der Waals surface area contributed by atoms with E-state index in [1.165, 1.54) is 7.11 Å². The standard InChI is InChI=1S/C9H14N2O2/c1-6-5-8(9(12)13-2)11-7(6)3-4-10/h5,11H,3-4,10H2,1-2H3. The van der Waals surface area contributed by atoms with Crippen LogP contribution in [0.1, 0.15) is 21.7 Å². The number of nitrogens with one attached hydrogen (secondary N) is 1. The molecule has 0 radical (unpaired) electrons. The summed E-state index contributed by atoms with van der Waals surface area (Å²) in [7, 11) is 1.36. The molecule has 0 atom stereocenters. The minimum absolute atomic E-state index is 0.341. The number of nitrogens with two attached hydrogens (primary N) is 1. The molecule has 3 N–H and O–H groups in total. The first-order valence-electron chi connectivity index (χ1n) is 4.16. The molecule has 0 unspecified atom stereocenters. The molecule has 1 heterocycles. The summed E-state index contributed by atoms with van der Waals surface area (Å²) in [6.45, 7) is 2.51. The van der Waals surface area contributed by atoms with Crippen molar-refractivity contribution in [2.75, 3.05) is 13.7 Å². The highest BCUT2D eigenvalue weighted by atomic mass is 16.5. The Morgan fingerprint density at radius 2 is 2.38 bits per heavy atom. The fourth-order valence-corrected chi connectivity index (χ4v) is 1.22. The van der Waals surface area contributed by atoms with Crippen molar-refractivity contribution in [3.05, 3.63) is 23.0 Å². The van der Waals surface area contributed by atoms with Crippen LogP contribution in [0.4, 0.5) is 0 Å². The molecule has 0 aliphatic heterocycles. The maximum absolute atomic E-state index is 11.1. The predicted octanol–water partition coefficient (Wildman–Crippen LogP) is 0.611. The van der Waals surface area contributed by atoms with Crippen molar-refractivity contribution >= 4 is 5.97 Å².